The molecule has 0 aliphatic heterocycles. The highest BCUT2D eigenvalue weighted by atomic mass is 14.7. The van der Waals surface area contributed by atoms with E-state index in [0.29, 0.717) is 0 Å². The van der Waals surface area contributed by atoms with Crippen molar-refractivity contribution in [1.29, 1.82) is 0 Å². The summed E-state index contributed by atoms with van der Waals surface area (Å²) in [4.78, 5) is 4.55. The summed E-state index contributed by atoms with van der Waals surface area (Å²) in [7, 11) is 0. The van der Waals surface area contributed by atoms with E-state index in [4.69, 9.17) is 0 Å². The number of benzene rings is 3. The predicted molar refractivity (Wildman–Crippen MR) is 115 cm³/mol. The second-order valence-corrected chi connectivity index (χ2v) is 7.20. The van der Waals surface area contributed by atoms with Crippen molar-refractivity contribution in [2.45, 2.75) is 20.8 Å². The Balaban J connectivity index is 1.66. The fourth-order valence-electron chi connectivity index (χ4n) is 3.48. The highest BCUT2D eigenvalue weighted by Crippen LogP contribution is 2.29. The zero-order valence-electron chi connectivity index (χ0n) is 16.0. The smallest absolute Gasteiger partial charge is 0.0702 e. The van der Waals surface area contributed by atoms with Crippen molar-refractivity contribution in [2.24, 2.45) is 0 Å². The Morgan fingerprint density at radius 3 is 1.96 bits per heavy atom. The van der Waals surface area contributed by atoms with Crippen molar-refractivity contribution in [2.75, 3.05) is 0 Å². The molecule has 0 bridgehead atoms. The van der Waals surface area contributed by atoms with E-state index in [2.05, 4.69) is 105 Å². The van der Waals surface area contributed by atoms with Crippen molar-refractivity contribution in [1.82, 2.24) is 4.98 Å². The third-order valence-electron chi connectivity index (χ3n) is 4.98. The van der Waals surface area contributed by atoms with Crippen LogP contribution in [0.15, 0.2) is 85.1 Å². The van der Waals surface area contributed by atoms with Crippen LogP contribution in [-0.4, -0.2) is 4.98 Å². The molecule has 4 aromatic rings. The summed E-state index contributed by atoms with van der Waals surface area (Å²) in [6.45, 7) is 6.37. The van der Waals surface area contributed by atoms with Gasteiger partial charge in [0.05, 0.1) is 5.69 Å². The van der Waals surface area contributed by atoms with Gasteiger partial charge in [-0.15, -0.1) is 0 Å². The van der Waals surface area contributed by atoms with Crippen LogP contribution in [0, 0.1) is 20.8 Å². The maximum atomic E-state index is 4.55. The first-order valence-electron chi connectivity index (χ1n) is 9.31. The van der Waals surface area contributed by atoms with Crippen molar-refractivity contribution in [3.05, 3.63) is 102 Å². The molecular formula is C26H23N. The van der Waals surface area contributed by atoms with Gasteiger partial charge in [-0.1, -0.05) is 72.3 Å². The molecule has 1 aromatic heterocycles. The summed E-state index contributed by atoms with van der Waals surface area (Å²) in [6, 6.07) is 28.2. The Morgan fingerprint density at radius 2 is 1.26 bits per heavy atom. The lowest BCUT2D eigenvalue weighted by Gasteiger charge is -2.09. The van der Waals surface area contributed by atoms with Gasteiger partial charge in [-0.05, 0) is 66.3 Å². The van der Waals surface area contributed by atoms with E-state index in [9.17, 15) is 0 Å². The molecule has 0 N–H and O–H groups in total. The lowest BCUT2D eigenvalue weighted by Crippen LogP contribution is -1.87. The predicted octanol–water partition coefficient (Wildman–Crippen LogP) is 7.01. The summed E-state index contributed by atoms with van der Waals surface area (Å²) in [5, 5.41) is 0. The van der Waals surface area contributed by atoms with E-state index in [0.717, 1.165) is 11.3 Å². The Labute approximate surface area is 161 Å². The first kappa shape index (κ1) is 17.2. The average molecular weight is 349 g/mol. The fourth-order valence-corrected chi connectivity index (χ4v) is 3.48. The van der Waals surface area contributed by atoms with E-state index < -0.39 is 0 Å². The van der Waals surface area contributed by atoms with E-state index in [-0.39, 0.29) is 0 Å². The number of hydrogen-bond acceptors (Lipinski definition) is 1. The Hall–Kier alpha value is -3.19. The van der Waals surface area contributed by atoms with Gasteiger partial charge in [0.1, 0.15) is 0 Å². The molecule has 27 heavy (non-hydrogen) atoms. The zero-order chi connectivity index (χ0) is 18.8. The van der Waals surface area contributed by atoms with Crippen LogP contribution in [-0.2, 0) is 0 Å². The number of pyridine rings is 1. The van der Waals surface area contributed by atoms with Gasteiger partial charge in [0.2, 0.25) is 0 Å². The molecule has 3 aromatic carbocycles. The van der Waals surface area contributed by atoms with Crippen molar-refractivity contribution >= 4 is 0 Å². The first-order chi connectivity index (χ1) is 13.1. The standard InChI is InChI=1S/C26H23N/c1-18-7-13-25(20(3)15-18)22-11-9-21(10-12-22)23-5-4-6-24(16-23)26-14-8-19(2)17-27-26/h4-17H,1-3H3. The molecule has 1 heteroatoms. The van der Waals surface area contributed by atoms with Crippen LogP contribution in [0.2, 0.25) is 0 Å². The lowest BCUT2D eigenvalue weighted by molar-refractivity contribution is 1.27. The second kappa shape index (κ2) is 7.20. The van der Waals surface area contributed by atoms with Gasteiger partial charge in [0, 0.05) is 11.8 Å². The number of rotatable bonds is 3. The maximum Gasteiger partial charge on any atom is 0.0702 e. The highest BCUT2D eigenvalue weighted by Gasteiger charge is 2.05. The van der Waals surface area contributed by atoms with E-state index >= 15 is 0 Å². The van der Waals surface area contributed by atoms with Crippen molar-refractivity contribution in [3.8, 4) is 33.5 Å². The molecule has 1 heterocycles. The van der Waals surface area contributed by atoms with Gasteiger partial charge >= 0.3 is 0 Å². The lowest BCUT2D eigenvalue weighted by atomic mass is 9.96. The van der Waals surface area contributed by atoms with Gasteiger partial charge in [-0.25, -0.2) is 0 Å². The van der Waals surface area contributed by atoms with E-state index in [1.54, 1.807) is 0 Å². The molecule has 0 saturated carbocycles. The minimum Gasteiger partial charge on any atom is -0.256 e. The number of aromatic nitrogens is 1. The van der Waals surface area contributed by atoms with Gasteiger partial charge < -0.3 is 0 Å². The molecule has 0 aliphatic rings. The van der Waals surface area contributed by atoms with Gasteiger partial charge in [-0.3, -0.25) is 4.98 Å². The molecule has 0 unspecified atom stereocenters. The summed E-state index contributed by atoms with van der Waals surface area (Å²) in [5.41, 5.74) is 10.9. The molecule has 0 amide bonds. The third-order valence-corrected chi connectivity index (χ3v) is 4.98. The zero-order valence-corrected chi connectivity index (χ0v) is 16.0. The highest BCUT2D eigenvalue weighted by molar-refractivity contribution is 5.75. The fraction of sp³-hybridized carbons (Fsp3) is 0.115. The number of hydrogen-bond donors (Lipinski definition) is 0. The molecule has 0 radical (unpaired) electrons. The molecule has 0 fully saturated rings. The Bertz CT molecular complexity index is 1070. The topological polar surface area (TPSA) is 12.9 Å². The van der Waals surface area contributed by atoms with Gasteiger partial charge in [0.25, 0.3) is 0 Å². The van der Waals surface area contributed by atoms with Crippen molar-refractivity contribution in [3.63, 3.8) is 0 Å². The monoisotopic (exact) mass is 349 g/mol. The van der Waals surface area contributed by atoms with E-state index in [1.807, 2.05) is 6.20 Å². The average Bonchev–Trinajstić information content (AvgIpc) is 2.69. The quantitative estimate of drug-likeness (QED) is 0.388. The molecule has 0 saturated heterocycles. The van der Waals surface area contributed by atoms with Gasteiger partial charge in [0.15, 0.2) is 0 Å². The molecule has 0 spiro atoms. The minimum absolute atomic E-state index is 1.01. The largest absolute Gasteiger partial charge is 0.256 e. The van der Waals surface area contributed by atoms with Crippen LogP contribution in [0.3, 0.4) is 0 Å². The summed E-state index contributed by atoms with van der Waals surface area (Å²) >= 11 is 0. The molecule has 132 valence electrons. The molecule has 0 atom stereocenters. The SMILES string of the molecule is Cc1ccc(-c2cccc(-c3ccc(-c4ccc(C)cc4C)cc3)c2)nc1. The summed E-state index contributed by atoms with van der Waals surface area (Å²) in [5.74, 6) is 0. The Morgan fingerprint density at radius 1 is 0.556 bits per heavy atom. The van der Waals surface area contributed by atoms with Crippen molar-refractivity contribution < 1.29 is 0 Å². The molecule has 0 aliphatic carbocycles. The summed E-state index contributed by atoms with van der Waals surface area (Å²) in [6.07, 6.45) is 1.92. The molecular weight excluding hydrogens is 326 g/mol. The first-order valence-corrected chi connectivity index (χ1v) is 9.31. The molecule has 1 nitrogen and oxygen atoms in total. The minimum atomic E-state index is 1.01. The van der Waals surface area contributed by atoms with Crippen LogP contribution in [0.25, 0.3) is 33.5 Å². The Kier molecular flexibility index (Phi) is 4.60. The van der Waals surface area contributed by atoms with E-state index in [1.165, 1.54) is 38.9 Å². The van der Waals surface area contributed by atoms with Gasteiger partial charge in [-0.2, -0.15) is 0 Å². The van der Waals surface area contributed by atoms with Crippen LogP contribution in [0.4, 0.5) is 0 Å². The normalized spacial score (nSPS) is 10.8. The van der Waals surface area contributed by atoms with Crippen LogP contribution >= 0.6 is 0 Å². The van der Waals surface area contributed by atoms with Crippen LogP contribution in [0.1, 0.15) is 16.7 Å². The third kappa shape index (κ3) is 3.68. The summed E-state index contributed by atoms with van der Waals surface area (Å²) < 4.78 is 0. The molecule has 4 rings (SSSR count). The maximum absolute atomic E-state index is 4.55. The number of nitrogens with zero attached hydrogens (tertiary/aromatic N) is 1. The van der Waals surface area contributed by atoms with Crippen LogP contribution < -0.4 is 0 Å². The second-order valence-electron chi connectivity index (χ2n) is 7.20. The van der Waals surface area contributed by atoms with Crippen LogP contribution in [0.5, 0.6) is 0 Å². The number of aryl methyl sites for hydroxylation is 3.